The topological polar surface area (TPSA) is 36.4 Å². The molecule has 4 heteroatoms. The quantitative estimate of drug-likeness (QED) is 0.877. The smallest absolute Gasteiger partial charge is 0.0558 e. The van der Waals surface area contributed by atoms with Gasteiger partial charge in [0.05, 0.1) is 5.69 Å². The second-order valence-corrected chi connectivity index (χ2v) is 4.83. The normalized spacial score (nSPS) is 22.2. The van der Waals surface area contributed by atoms with Crippen molar-refractivity contribution in [2.75, 3.05) is 19.7 Å². The van der Waals surface area contributed by atoms with Crippen LogP contribution in [0.15, 0.2) is 18.3 Å². The van der Waals surface area contributed by atoms with Crippen molar-refractivity contribution in [2.45, 2.75) is 19.4 Å². The third-order valence-corrected chi connectivity index (χ3v) is 3.26. The Morgan fingerprint density at radius 1 is 1.56 bits per heavy atom. The van der Waals surface area contributed by atoms with Crippen molar-refractivity contribution in [1.29, 1.82) is 0 Å². The van der Waals surface area contributed by atoms with Gasteiger partial charge >= 0.3 is 0 Å². The number of likely N-dealkylation sites (tertiary alicyclic amines) is 1. The highest BCUT2D eigenvalue weighted by molar-refractivity contribution is 6.30. The zero-order valence-electron chi connectivity index (χ0n) is 9.27. The van der Waals surface area contributed by atoms with Crippen LogP contribution in [0.2, 0.25) is 5.02 Å². The Balaban J connectivity index is 1.94. The van der Waals surface area contributed by atoms with E-state index in [1.165, 1.54) is 0 Å². The lowest BCUT2D eigenvalue weighted by molar-refractivity contribution is 0.115. The molecule has 1 unspecified atom stereocenters. The van der Waals surface area contributed by atoms with Crippen LogP contribution in [-0.2, 0) is 6.54 Å². The van der Waals surface area contributed by atoms with Crippen LogP contribution < -0.4 is 0 Å². The maximum absolute atomic E-state index is 9.16. The zero-order chi connectivity index (χ0) is 11.4. The van der Waals surface area contributed by atoms with Crippen LogP contribution in [0.25, 0.3) is 0 Å². The first kappa shape index (κ1) is 11.8. The molecule has 2 heterocycles. The number of piperidine rings is 1. The number of aromatic nitrogens is 1. The van der Waals surface area contributed by atoms with E-state index in [1.54, 1.807) is 12.3 Å². The van der Waals surface area contributed by atoms with Gasteiger partial charge in [0.15, 0.2) is 0 Å². The van der Waals surface area contributed by atoms with Crippen molar-refractivity contribution in [3.8, 4) is 0 Å². The van der Waals surface area contributed by atoms with Gasteiger partial charge in [-0.3, -0.25) is 9.88 Å². The molecule has 2 rings (SSSR count). The van der Waals surface area contributed by atoms with E-state index in [1.807, 2.05) is 6.07 Å². The zero-order valence-corrected chi connectivity index (χ0v) is 10.0. The third-order valence-electron chi connectivity index (χ3n) is 3.03. The molecule has 16 heavy (non-hydrogen) atoms. The largest absolute Gasteiger partial charge is 0.396 e. The Morgan fingerprint density at radius 2 is 2.44 bits per heavy atom. The Morgan fingerprint density at radius 3 is 3.19 bits per heavy atom. The summed E-state index contributed by atoms with van der Waals surface area (Å²) in [5.74, 6) is 0.424. The third kappa shape index (κ3) is 3.17. The second kappa shape index (κ2) is 5.62. The molecule has 1 saturated heterocycles. The van der Waals surface area contributed by atoms with E-state index in [4.69, 9.17) is 16.7 Å². The van der Waals surface area contributed by atoms with Crippen molar-refractivity contribution in [1.82, 2.24) is 9.88 Å². The molecular weight excluding hydrogens is 224 g/mol. The second-order valence-electron chi connectivity index (χ2n) is 4.39. The van der Waals surface area contributed by atoms with Gasteiger partial charge in [-0.25, -0.2) is 0 Å². The van der Waals surface area contributed by atoms with E-state index in [0.29, 0.717) is 12.5 Å². The molecule has 1 aromatic rings. The number of hydrogen-bond donors (Lipinski definition) is 1. The molecule has 0 saturated carbocycles. The first-order chi connectivity index (χ1) is 7.78. The lowest BCUT2D eigenvalue weighted by Crippen LogP contribution is -2.36. The summed E-state index contributed by atoms with van der Waals surface area (Å²) in [5.41, 5.74) is 1.01. The Hall–Kier alpha value is -0.640. The average Bonchev–Trinajstić information content (AvgIpc) is 2.29. The molecule has 1 atom stereocenters. The number of nitrogens with zero attached hydrogens (tertiary/aromatic N) is 2. The summed E-state index contributed by atoms with van der Waals surface area (Å²) in [6.45, 7) is 3.17. The minimum atomic E-state index is 0.291. The fraction of sp³-hybridized carbons (Fsp3) is 0.583. The van der Waals surface area contributed by atoms with Crippen molar-refractivity contribution in [3.63, 3.8) is 0 Å². The molecule has 0 aromatic carbocycles. The fourth-order valence-corrected chi connectivity index (χ4v) is 2.39. The minimum absolute atomic E-state index is 0.291. The van der Waals surface area contributed by atoms with Crippen LogP contribution in [0.4, 0.5) is 0 Å². The van der Waals surface area contributed by atoms with E-state index in [-0.39, 0.29) is 0 Å². The number of pyridine rings is 1. The van der Waals surface area contributed by atoms with Gasteiger partial charge in [-0.1, -0.05) is 11.6 Å². The molecule has 0 spiro atoms. The van der Waals surface area contributed by atoms with E-state index < -0.39 is 0 Å². The van der Waals surface area contributed by atoms with Crippen LogP contribution in [-0.4, -0.2) is 34.7 Å². The average molecular weight is 241 g/mol. The first-order valence-corrected chi connectivity index (χ1v) is 6.09. The van der Waals surface area contributed by atoms with Crippen LogP contribution in [0.3, 0.4) is 0 Å². The number of halogens is 1. The van der Waals surface area contributed by atoms with Gasteiger partial charge in [0.1, 0.15) is 0 Å². The molecule has 0 amide bonds. The van der Waals surface area contributed by atoms with E-state index in [9.17, 15) is 0 Å². The highest BCUT2D eigenvalue weighted by Crippen LogP contribution is 2.18. The number of rotatable bonds is 3. The van der Waals surface area contributed by atoms with Crippen LogP contribution in [0, 0.1) is 5.92 Å². The van der Waals surface area contributed by atoms with Crippen molar-refractivity contribution in [2.24, 2.45) is 5.92 Å². The molecule has 88 valence electrons. The number of aliphatic hydroxyl groups excluding tert-OH is 1. The molecule has 0 radical (unpaired) electrons. The summed E-state index contributed by atoms with van der Waals surface area (Å²) in [4.78, 5) is 6.63. The molecule has 1 N–H and O–H groups in total. The first-order valence-electron chi connectivity index (χ1n) is 5.71. The van der Waals surface area contributed by atoms with Crippen molar-refractivity contribution in [3.05, 3.63) is 29.0 Å². The predicted octanol–water partition coefficient (Wildman–Crippen LogP) is 1.94. The highest BCUT2D eigenvalue weighted by atomic mass is 35.5. The minimum Gasteiger partial charge on any atom is -0.396 e. The molecule has 0 bridgehead atoms. The summed E-state index contributed by atoms with van der Waals surface area (Å²) in [5, 5.41) is 9.89. The monoisotopic (exact) mass is 240 g/mol. The van der Waals surface area contributed by atoms with Gasteiger partial charge in [-0.05, 0) is 37.4 Å². The molecule has 1 aromatic heterocycles. The fourth-order valence-electron chi connectivity index (χ4n) is 2.21. The number of aliphatic hydroxyl groups is 1. The van der Waals surface area contributed by atoms with Crippen molar-refractivity contribution >= 4 is 11.6 Å². The molecule has 3 nitrogen and oxygen atoms in total. The van der Waals surface area contributed by atoms with Gasteiger partial charge in [-0.2, -0.15) is 0 Å². The highest BCUT2D eigenvalue weighted by Gasteiger charge is 2.19. The van der Waals surface area contributed by atoms with Gasteiger partial charge in [0.2, 0.25) is 0 Å². The lowest BCUT2D eigenvalue weighted by atomic mass is 9.99. The summed E-state index contributed by atoms with van der Waals surface area (Å²) < 4.78 is 0. The molecule has 0 aliphatic carbocycles. The maximum Gasteiger partial charge on any atom is 0.0558 e. The standard InChI is InChI=1S/C12H17ClN2O/c13-11-3-4-14-12(6-11)8-15-5-1-2-10(7-15)9-16/h3-4,6,10,16H,1-2,5,7-9H2. The predicted molar refractivity (Wildman–Crippen MR) is 64.3 cm³/mol. The number of hydrogen-bond acceptors (Lipinski definition) is 3. The van der Waals surface area contributed by atoms with Gasteiger partial charge < -0.3 is 5.11 Å². The Labute approximate surface area is 101 Å². The lowest BCUT2D eigenvalue weighted by Gasteiger charge is -2.31. The van der Waals surface area contributed by atoms with Crippen molar-refractivity contribution < 1.29 is 5.11 Å². The van der Waals surface area contributed by atoms with E-state index >= 15 is 0 Å². The Kier molecular flexibility index (Phi) is 4.16. The summed E-state index contributed by atoms with van der Waals surface area (Å²) >= 11 is 5.92. The van der Waals surface area contributed by atoms with E-state index in [0.717, 1.165) is 43.2 Å². The summed E-state index contributed by atoms with van der Waals surface area (Å²) in [6, 6.07) is 3.70. The van der Waals surface area contributed by atoms with Crippen LogP contribution in [0.5, 0.6) is 0 Å². The maximum atomic E-state index is 9.16. The Bertz CT molecular complexity index is 346. The summed E-state index contributed by atoms with van der Waals surface area (Å²) in [7, 11) is 0. The summed E-state index contributed by atoms with van der Waals surface area (Å²) in [6.07, 6.45) is 4.03. The molecule has 1 fully saturated rings. The molecule has 1 aliphatic heterocycles. The van der Waals surface area contributed by atoms with Gasteiger partial charge in [-0.15, -0.1) is 0 Å². The van der Waals surface area contributed by atoms with E-state index in [2.05, 4.69) is 9.88 Å². The van der Waals surface area contributed by atoms with Crippen LogP contribution >= 0.6 is 11.6 Å². The SMILES string of the molecule is OCC1CCCN(Cc2cc(Cl)ccn2)C1. The van der Waals surface area contributed by atoms with Gasteiger partial charge in [0, 0.05) is 30.9 Å². The molecular formula is C12H17ClN2O. The molecule has 1 aliphatic rings. The van der Waals surface area contributed by atoms with Gasteiger partial charge in [0.25, 0.3) is 0 Å². The van der Waals surface area contributed by atoms with Crippen LogP contribution in [0.1, 0.15) is 18.5 Å².